The summed E-state index contributed by atoms with van der Waals surface area (Å²) in [7, 11) is 1.52. The van der Waals surface area contributed by atoms with Gasteiger partial charge in [-0.05, 0) is 49.4 Å². The van der Waals surface area contributed by atoms with Crippen molar-refractivity contribution in [3.05, 3.63) is 56.8 Å². The molecule has 0 bridgehead atoms. The molecule has 0 spiro atoms. The monoisotopic (exact) mass is 413 g/mol. The van der Waals surface area contributed by atoms with Crippen molar-refractivity contribution in [3.63, 3.8) is 0 Å². The number of nitrogens with zero attached hydrogens (tertiary/aromatic N) is 1. The van der Waals surface area contributed by atoms with Gasteiger partial charge in [-0.1, -0.05) is 31.4 Å². The van der Waals surface area contributed by atoms with E-state index < -0.39 is 17.7 Å². The number of aliphatic hydroxyl groups is 1. The Morgan fingerprint density at radius 2 is 1.97 bits per heavy atom. The van der Waals surface area contributed by atoms with Gasteiger partial charge in [0, 0.05) is 11.4 Å². The Labute approximate surface area is 175 Å². The standard InChI is InChI=1S/C23H27NO4S/c1-5-6-7-11-24-19(22-15(3)10-12-29-22)18(21(26)23(24)27)20(25)16-13-14(2)8-9-17(16)28-4/h8-10,12-13,19,25H,5-7,11H2,1-4H3/b20-18+. The number of hydrogen-bond donors (Lipinski definition) is 1. The predicted molar refractivity (Wildman–Crippen MR) is 115 cm³/mol. The zero-order valence-electron chi connectivity index (χ0n) is 17.3. The summed E-state index contributed by atoms with van der Waals surface area (Å²) in [6.45, 7) is 6.45. The van der Waals surface area contributed by atoms with Crippen LogP contribution in [-0.4, -0.2) is 35.4 Å². The normalized spacial score (nSPS) is 18.5. The summed E-state index contributed by atoms with van der Waals surface area (Å²) in [5, 5.41) is 13.1. The number of carbonyl (C=O) groups is 2. The first-order chi connectivity index (χ1) is 13.9. The molecule has 1 amide bonds. The molecule has 3 rings (SSSR count). The van der Waals surface area contributed by atoms with Crippen LogP contribution in [0.1, 0.15) is 53.8 Å². The maximum atomic E-state index is 13.0. The number of unbranched alkanes of at least 4 members (excludes halogenated alkanes) is 2. The second-order valence-electron chi connectivity index (χ2n) is 7.37. The Morgan fingerprint density at radius 3 is 2.59 bits per heavy atom. The van der Waals surface area contributed by atoms with Crippen molar-refractivity contribution in [2.75, 3.05) is 13.7 Å². The fraction of sp³-hybridized carbons (Fsp3) is 0.391. The van der Waals surface area contributed by atoms with Crippen molar-refractivity contribution in [2.45, 2.75) is 46.1 Å². The summed E-state index contributed by atoms with van der Waals surface area (Å²) in [5.41, 5.74) is 2.50. The maximum absolute atomic E-state index is 13.0. The Balaban J connectivity index is 2.18. The lowest BCUT2D eigenvalue weighted by molar-refractivity contribution is -0.139. The molecule has 0 saturated carbocycles. The van der Waals surface area contributed by atoms with E-state index in [0.29, 0.717) is 17.9 Å². The van der Waals surface area contributed by atoms with E-state index in [-0.39, 0.29) is 11.3 Å². The molecule has 2 aromatic rings. The predicted octanol–water partition coefficient (Wildman–Crippen LogP) is 4.99. The molecule has 1 aromatic heterocycles. The minimum absolute atomic E-state index is 0.140. The zero-order chi connectivity index (χ0) is 21.1. The van der Waals surface area contributed by atoms with Crippen molar-refractivity contribution < 1.29 is 19.4 Å². The summed E-state index contributed by atoms with van der Waals surface area (Å²) < 4.78 is 5.40. The number of ketones is 1. The van der Waals surface area contributed by atoms with Crippen molar-refractivity contribution >= 4 is 28.8 Å². The smallest absolute Gasteiger partial charge is 0.295 e. The highest BCUT2D eigenvalue weighted by atomic mass is 32.1. The molecule has 154 valence electrons. The number of likely N-dealkylation sites (tertiary alicyclic amines) is 1. The number of rotatable bonds is 7. The highest BCUT2D eigenvalue weighted by molar-refractivity contribution is 7.10. The maximum Gasteiger partial charge on any atom is 0.295 e. The van der Waals surface area contributed by atoms with Crippen LogP contribution in [-0.2, 0) is 9.59 Å². The van der Waals surface area contributed by atoms with Crippen LogP contribution in [0.2, 0.25) is 0 Å². The van der Waals surface area contributed by atoms with Crippen LogP contribution in [0.4, 0.5) is 0 Å². The third kappa shape index (κ3) is 3.94. The van der Waals surface area contributed by atoms with E-state index in [1.54, 1.807) is 17.0 Å². The zero-order valence-corrected chi connectivity index (χ0v) is 18.1. The molecular weight excluding hydrogens is 386 g/mol. The molecular formula is C23H27NO4S. The number of carbonyl (C=O) groups excluding carboxylic acids is 2. The first-order valence-electron chi connectivity index (χ1n) is 9.88. The minimum Gasteiger partial charge on any atom is -0.507 e. The Kier molecular flexibility index (Phi) is 6.42. The van der Waals surface area contributed by atoms with Crippen molar-refractivity contribution in [1.29, 1.82) is 0 Å². The molecule has 1 N–H and O–H groups in total. The molecule has 29 heavy (non-hydrogen) atoms. The topological polar surface area (TPSA) is 66.8 Å². The van der Waals surface area contributed by atoms with Crippen LogP contribution in [0.3, 0.4) is 0 Å². The minimum atomic E-state index is -0.639. The van der Waals surface area contributed by atoms with E-state index in [2.05, 4.69) is 6.92 Å². The second-order valence-corrected chi connectivity index (χ2v) is 8.32. The highest BCUT2D eigenvalue weighted by Crippen LogP contribution is 2.43. The largest absolute Gasteiger partial charge is 0.507 e. The van der Waals surface area contributed by atoms with E-state index in [4.69, 9.17) is 4.74 Å². The van der Waals surface area contributed by atoms with Gasteiger partial charge in [-0.15, -0.1) is 11.3 Å². The summed E-state index contributed by atoms with van der Waals surface area (Å²) in [6.07, 6.45) is 2.82. The van der Waals surface area contributed by atoms with Gasteiger partial charge >= 0.3 is 0 Å². The van der Waals surface area contributed by atoms with E-state index in [1.807, 2.05) is 31.4 Å². The average Bonchev–Trinajstić information content (AvgIpc) is 3.23. The summed E-state index contributed by atoms with van der Waals surface area (Å²) in [5.74, 6) is -0.904. The molecule has 1 fully saturated rings. The summed E-state index contributed by atoms with van der Waals surface area (Å²) in [6, 6.07) is 6.81. The third-order valence-electron chi connectivity index (χ3n) is 5.30. The van der Waals surface area contributed by atoms with Crippen LogP contribution in [0.15, 0.2) is 35.2 Å². The third-order valence-corrected chi connectivity index (χ3v) is 6.37. The number of aryl methyl sites for hydroxylation is 2. The van der Waals surface area contributed by atoms with Crippen molar-refractivity contribution in [3.8, 4) is 5.75 Å². The van der Waals surface area contributed by atoms with Crippen molar-refractivity contribution in [1.82, 2.24) is 4.90 Å². The summed E-state index contributed by atoms with van der Waals surface area (Å²) in [4.78, 5) is 28.4. The van der Waals surface area contributed by atoms with Gasteiger partial charge in [-0.2, -0.15) is 0 Å². The molecule has 1 aromatic carbocycles. The Bertz CT molecular complexity index is 960. The molecule has 0 radical (unpaired) electrons. The summed E-state index contributed by atoms with van der Waals surface area (Å²) >= 11 is 1.50. The number of Topliss-reactive ketones (excluding diaryl/α,β-unsaturated/α-hetero) is 1. The number of amides is 1. The van der Waals surface area contributed by atoms with E-state index in [0.717, 1.165) is 35.3 Å². The second kappa shape index (κ2) is 8.82. The van der Waals surface area contributed by atoms with Gasteiger partial charge in [0.25, 0.3) is 11.7 Å². The number of ether oxygens (including phenoxy) is 1. The first-order valence-corrected chi connectivity index (χ1v) is 10.8. The molecule has 1 aliphatic rings. The van der Waals surface area contributed by atoms with Gasteiger partial charge in [0.1, 0.15) is 11.5 Å². The highest BCUT2D eigenvalue weighted by Gasteiger charge is 2.47. The van der Waals surface area contributed by atoms with Gasteiger partial charge in [0.2, 0.25) is 0 Å². The number of benzene rings is 1. The lowest BCUT2D eigenvalue weighted by Crippen LogP contribution is -2.30. The number of thiophene rings is 1. The van der Waals surface area contributed by atoms with Crippen LogP contribution < -0.4 is 4.74 Å². The van der Waals surface area contributed by atoms with Crippen LogP contribution >= 0.6 is 11.3 Å². The van der Waals surface area contributed by atoms with Gasteiger partial charge < -0.3 is 14.7 Å². The Hall–Kier alpha value is -2.60. The SMILES string of the molecule is CCCCCN1C(=O)C(=O)/C(=C(/O)c2cc(C)ccc2OC)C1c1sccc1C. The molecule has 5 nitrogen and oxygen atoms in total. The van der Waals surface area contributed by atoms with Crippen LogP contribution in [0.25, 0.3) is 5.76 Å². The molecule has 1 atom stereocenters. The average molecular weight is 414 g/mol. The Morgan fingerprint density at radius 1 is 1.21 bits per heavy atom. The van der Waals surface area contributed by atoms with Gasteiger partial charge in [0.05, 0.1) is 24.3 Å². The number of methoxy groups -OCH3 is 1. The van der Waals surface area contributed by atoms with Gasteiger partial charge in [-0.25, -0.2) is 0 Å². The first kappa shape index (κ1) is 21.1. The molecule has 2 heterocycles. The van der Waals surface area contributed by atoms with Gasteiger partial charge in [-0.3, -0.25) is 9.59 Å². The quantitative estimate of drug-likeness (QED) is 0.301. The van der Waals surface area contributed by atoms with Crippen molar-refractivity contribution in [2.24, 2.45) is 0 Å². The van der Waals surface area contributed by atoms with E-state index in [1.165, 1.54) is 18.4 Å². The number of aliphatic hydroxyl groups excluding tert-OH is 1. The van der Waals surface area contributed by atoms with Crippen LogP contribution in [0.5, 0.6) is 5.75 Å². The molecule has 1 unspecified atom stereocenters. The molecule has 6 heteroatoms. The lowest BCUT2D eigenvalue weighted by atomic mass is 9.97. The number of hydrogen-bond acceptors (Lipinski definition) is 5. The van der Waals surface area contributed by atoms with E-state index in [9.17, 15) is 14.7 Å². The van der Waals surface area contributed by atoms with E-state index >= 15 is 0 Å². The lowest BCUT2D eigenvalue weighted by Gasteiger charge is -2.25. The molecule has 1 saturated heterocycles. The van der Waals surface area contributed by atoms with Gasteiger partial charge in [0.15, 0.2) is 0 Å². The molecule has 1 aliphatic heterocycles. The fourth-order valence-corrected chi connectivity index (χ4v) is 4.78. The fourth-order valence-electron chi connectivity index (χ4n) is 3.73. The molecule has 0 aliphatic carbocycles. The van der Waals surface area contributed by atoms with Crippen LogP contribution in [0, 0.1) is 13.8 Å².